The van der Waals surface area contributed by atoms with Crippen LogP contribution in [0.15, 0.2) is 0 Å². The van der Waals surface area contributed by atoms with E-state index in [2.05, 4.69) is 22.2 Å². The maximum Gasteiger partial charge on any atom is 0.233 e. The summed E-state index contributed by atoms with van der Waals surface area (Å²) in [5, 5.41) is 14.3. The van der Waals surface area contributed by atoms with E-state index in [0.717, 1.165) is 40.1 Å². The average molecular weight is 237 g/mol. The first kappa shape index (κ1) is 11.1. The SMILES string of the molecule is CCc1nn(-c2nnc(C)s2)c(CC)c1N. The molecular formula is C10H15N5S. The molecule has 2 aromatic heterocycles. The van der Waals surface area contributed by atoms with Gasteiger partial charge in [0.15, 0.2) is 0 Å². The molecule has 2 N–H and O–H groups in total. The number of rotatable bonds is 3. The van der Waals surface area contributed by atoms with Crippen LogP contribution in [0.3, 0.4) is 0 Å². The van der Waals surface area contributed by atoms with Crippen LogP contribution in [0.4, 0.5) is 5.69 Å². The molecule has 0 aliphatic rings. The molecule has 5 nitrogen and oxygen atoms in total. The van der Waals surface area contributed by atoms with E-state index in [-0.39, 0.29) is 0 Å². The molecule has 0 aliphatic heterocycles. The van der Waals surface area contributed by atoms with E-state index < -0.39 is 0 Å². The molecule has 2 rings (SSSR count). The summed E-state index contributed by atoms with van der Waals surface area (Å²) in [4.78, 5) is 0. The summed E-state index contributed by atoms with van der Waals surface area (Å²) in [7, 11) is 0. The van der Waals surface area contributed by atoms with Crippen LogP contribution in [0.5, 0.6) is 0 Å². The third-order valence-corrected chi connectivity index (χ3v) is 3.28. The number of nitrogens with zero attached hydrogens (tertiary/aromatic N) is 4. The normalized spacial score (nSPS) is 10.9. The fraction of sp³-hybridized carbons (Fsp3) is 0.500. The summed E-state index contributed by atoms with van der Waals surface area (Å²) >= 11 is 1.53. The lowest BCUT2D eigenvalue weighted by Crippen LogP contribution is -2.02. The van der Waals surface area contributed by atoms with Crippen molar-refractivity contribution in [2.24, 2.45) is 0 Å². The third-order valence-electron chi connectivity index (χ3n) is 2.46. The lowest BCUT2D eigenvalue weighted by atomic mass is 10.2. The first-order chi connectivity index (χ1) is 7.67. The Morgan fingerprint density at radius 2 is 2.00 bits per heavy atom. The van der Waals surface area contributed by atoms with Crippen molar-refractivity contribution in [3.63, 3.8) is 0 Å². The molecule has 16 heavy (non-hydrogen) atoms. The van der Waals surface area contributed by atoms with Gasteiger partial charge in [0, 0.05) is 0 Å². The fourth-order valence-electron chi connectivity index (χ4n) is 1.65. The molecule has 0 saturated carbocycles. The Morgan fingerprint density at radius 1 is 1.25 bits per heavy atom. The predicted molar refractivity (Wildman–Crippen MR) is 64.9 cm³/mol. The summed E-state index contributed by atoms with van der Waals surface area (Å²) < 4.78 is 1.82. The summed E-state index contributed by atoms with van der Waals surface area (Å²) in [6, 6.07) is 0. The van der Waals surface area contributed by atoms with Gasteiger partial charge in [0.2, 0.25) is 5.13 Å². The molecule has 2 heterocycles. The molecule has 6 heteroatoms. The van der Waals surface area contributed by atoms with Crippen LogP contribution in [-0.4, -0.2) is 20.0 Å². The second-order valence-electron chi connectivity index (χ2n) is 3.53. The number of nitrogen functional groups attached to an aromatic ring is 1. The predicted octanol–water partition coefficient (Wildman–Crippen LogP) is 1.74. The van der Waals surface area contributed by atoms with E-state index >= 15 is 0 Å². The van der Waals surface area contributed by atoms with Crippen LogP contribution in [0.2, 0.25) is 0 Å². The molecule has 0 unspecified atom stereocenters. The second-order valence-corrected chi connectivity index (χ2v) is 4.69. The lowest BCUT2D eigenvalue weighted by molar-refractivity contribution is 0.775. The van der Waals surface area contributed by atoms with Crippen molar-refractivity contribution in [3.05, 3.63) is 16.4 Å². The van der Waals surface area contributed by atoms with Gasteiger partial charge in [-0.25, -0.2) is 4.68 Å². The van der Waals surface area contributed by atoms with Gasteiger partial charge in [-0.1, -0.05) is 25.2 Å². The minimum absolute atomic E-state index is 0.790. The summed E-state index contributed by atoms with van der Waals surface area (Å²) in [5.41, 5.74) is 8.79. The fourth-order valence-corrected chi connectivity index (χ4v) is 2.31. The van der Waals surface area contributed by atoms with Crippen molar-refractivity contribution in [3.8, 4) is 5.13 Å². The van der Waals surface area contributed by atoms with Crippen LogP contribution in [-0.2, 0) is 12.8 Å². The van der Waals surface area contributed by atoms with Gasteiger partial charge in [0.05, 0.1) is 17.1 Å². The maximum atomic E-state index is 6.04. The van der Waals surface area contributed by atoms with Crippen LogP contribution in [0.25, 0.3) is 5.13 Å². The van der Waals surface area contributed by atoms with Gasteiger partial charge in [0.25, 0.3) is 0 Å². The van der Waals surface area contributed by atoms with Crippen LogP contribution < -0.4 is 5.73 Å². The summed E-state index contributed by atoms with van der Waals surface area (Å²) in [6.07, 6.45) is 1.68. The zero-order chi connectivity index (χ0) is 11.7. The molecule has 0 fully saturated rings. The van der Waals surface area contributed by atoms with Crippen LogP contribution >= 0.6 is 11.3 Å². The van der Waals surface area contributed by atoms with Gasteiger partial charge in [-0.05, 0) is 19.8 Å². The van der Waals surface area contributed by atoms with Crippen molar-refractivity contribution in [2.45, 2.75) is 33.6 Å². The first-order valence-corrected chi connectivity index (χ1v) is 6.15. The van der Waals surface area contributed by atoms with Gasteiger partial charge < -0.3 is 5.73 Å². The Bertz CT molecular complexity index is 499. The highest BCUT2D eigenvalue weighted by molar-refractivity contribution is 7.13. The molecule has 0 saturated heterocycles. The number of aromatic nitrogens is 4. The largest absolute Gasteiger partial charge is 0.396 e. The van der Waals surface area contributed by atoms with Crippen molar-refractivity contribution in [2.75, 3.05) is 5.73 Å². The minimum atomic E-state index is 0.790. The maximum absolute atomic E-state index is 6.04. The molecule has 0 bridgehead atoms. The standard InChI is InChI=1S/C10H15N5S/c1-4-7-9(11)8(5-2)15(14-7)10-13-12-6(3)16-10/h4-5,11H2,1-3H3. The Balaban J connectivity index is 2.55. The van der Waals surface area contributed by atoms with Crippen LogP contribution in [0, 0.1) is 6.92 Å². The molecule has 0 spiro atoms. The Hall–Kier alpha value is -1.43. The van der Waals surface area contributed by atoms with Gasteiger partial charge >= 0.3 is 0 Å². The number of hydrogen-bond donors (Lipinski definition) is 1. The minimum Gasteiger partial charge on any atom is -0.396 e. The highest BCUT2D eigenvalue weighted by atomic mass is 32.1. The number of aryl methyl sites for hydroxylation is 2. The zero-order valence-electron chi connectivity index (χ0n) is 9.69. The molecule has 0 radical (unpaired) electrons. The van der Waals surface area contributed by atoms with E-state index in [1.165, 1.54) is 11.3 Å². The van der Waals surface area contributed by atoms with Crippen molar-refractivity contribution in [1.29, 1.82) is 0 Å². The topological polar surface area (TPSA) is 69.6 Å². The highest BCUT2D eigenvalue weighted by Gasteiger charge is 2.16. The zero-order valence-corrected chi connectivity index (χ0v) is 10.5. The van der Waals surface area contributed by atoms with E-state index in [9.17, 15) is 0 Å². The smallest absolute Gasteiger partial charge is 0.233 e. The second kappa shape index (κ2) is 4.21. The summed E-state index contributed by atoms with van der Waals surface area (Å²) in [6.45, 7) is 6.05. The Kier molecular flexibility index (Phi) is 2.91. The molecule has 0 atom stereocenters. The molecule has 86 valence electrons. The van der Waals surface area contributed by atoms with Gasteiger partial charge in [0.1, 0.15) is 5.01 Å². The quantitative estimate of drug-likeness (QED) is 0.882. The van der Waals surface area contributed by atoms with E-state index in [4.69, 9.17) is 5.73 Å². The summed E-state index contributed by atoms with van der Waals surface area (Å²) in [5.74, 6) is 0. The van der Waals surface area contributed by atoms with E-state index in [1.54, 1.807) is 0 Å². The van der Waals surface area contributed by atoms with E-state index in [1.807, 2.05) is 18.5 Å². The number of anilines is 1. The molecular weight excluding hydrogens is 222 g/mol. The van der Waals surface area contributed by atoms with Crippen molar-refractivity contribution >= 4 is 17.0 Å². The number of hydrogen-bond acceptors (Lipinski definition) is 5. The number of nitrogens with two attached hydrogens (primary N) is 1. The molecule has 0 amide bonds. The molecule has 0 aromatic carbocycles. The van der Waals surface area contributed by atoms with Gasteiger partial charge in [-0.3, -0.25) is 0 Å². The van der Waals surface area contributed by atoms with Gasteiger partial charge in [-0.15, -0.1) is 10.2 Å². The van der Waals surface area contributed by atoms with Gasteiger partial charge in [-0.2, -0.15) is 5.10 Å². The average Bonchev–Trinajstić information content (AvgIpc) is 2.82. The molecule has 0 aliphatic carbocycles. The van der Waals surface area contributed by atoms with Crippen molar-refractivity contribution in [1.82, 2.24) is 20.0 Å². The third kappa shape index (κ3) is 1.69. The molecule has 2 aromatic rings. The van der Waals surface area contributed by atoms with Crippen LogP contribution in [0.1, 0.15) is 30.2 Å². The lowest BCUT2D eigenvalue weighted by Gasteiger charge is -2.00. The Morgan fingerprint density at radius 3 is 2.50 bits per heavy atom. The first-order valence-electron chi connectivity index (χ1n) is 5.34. The van der Waals surface area contributed by atoms with E-state index in [0.29, 0.717) is 0 Å². The van der Waals surface area contributed by atoms with Crippen molar-refractivity contribution < 1.29 is 0 Å². The Labute approximate surface area is 98.3 Å². The monoisotopic (exact) mass is 237 g/mol. The highest BCUT2D eigenvalue weighted by Crippen LogP contribution is 2.23.